The summed E-state index contributed by atoms with van der Waals surface area (Å²) in [6, 6.07) is 10.6. The maximum absolute atomic E-state index is 13.5. The predicted molar refractivity (Wildman–Crippen MR) is 114 cm³/mol. The van der Waals surface area contributed by atoms with E-state index in [0.717, 1.165) is 17.8 Å². The summed E-state index contributed by atoms with van der Waals surface area (Å²) in [5, 5.41) is 3.28. The summed E-state index contributed by atoms with van der Waals surface area (Å²) in [7, 11) is 0. The third-order valence-corrected chi connectivity index (χ3v) is 5.18. The Labute approximate surface area is 184 Å². The zero-order chi connectivity index (χ0) is 22.2. The lowest BCUT2D eigenvalue weighted by molar-refractivity contribution is -0.133. The molecule has 6 nitrogen and oxygen atoms in total. The maximum atomic E-state index is 13.5. The van der Waals surface area contributed by atoms with E-state index in [9.17, 15) is 18.4 Å². The number of nitrogens with one attached hydrogen (secondary N) is 1. The molecule has 0 aromatic heterocycles. The lowest BCUT2D eigenvalue weighted by Crippen LogP contribution is -2.51. The molecular weight excluding hydrogens is 428 g/mol. The molecule has 166 valence electrons. The standard InChI is InChI=1S/C22H24ClF2N3O3/c23-16-3-1-4-18(13-16)27-8-10-28(11-9-27)22(30)15-26-21(29)5-2-12-31-20-7-6-17(24)14-19(20)25/h1,3-4,6-7,13-14H,2,5,8-12,15H2,(H,26,29). The molecule has 9 heteroatoms. The number of nitrogens with zero attached hydrogens (tertiary/aromatic N) is 2. The Balaban J connectivity index is 1.32. The van der Waals surface area contributed by atoms with Crippen molar-refractivity contribution >= 4 is 29.1 Å². The molecule has 0 unspecified atom stereocenters. The van der Waals surface area contributed by atoms with Gasteiger partial charge in [0.1, 0.15) is 5.82 Å². The molecular formula is C22H24ClF2N3O3. The first-order valence-electron chi connectivity index (χ1n) is 10.1. The van der Waals surface area contributed by atoms with Crippen LogP contribution in [0.25, 0.3) is 0 Å². The molecule has 0 bridgehead atoms. The SMILES string of the molecule is O=C(CCCOc1ccc(F)cc1F)NCC(=O)N1CCN(c2cccc(Cl)c2)CC1. The van der Waals surface area contributed by atoms with E-state index < -0.39 is 11.6 Å². The molecule has 0 aliphatic carbocycles. The topological polar surface area (TPSA) is 61.9 Å². The van der Waals surface area contributed by atoms with Gasteiger partial charge in [0.15, 0.2) is 11.6 Å². The van der Waals surface area contributed by atoms with Crippen LogP contribution in [-0.2, 0) is 9.59 Å². The Morgan fingerprint density at radius 2 is 1.84 bits per heavy atom. The van der Waals surface area contributed by atoms with Crippen LogP contribution in [0.1, 0.15) is 12.8 Å². The van der Waals surface area contributed by atoms with Gasteiger partial charge in [-0.2, -0.15) is 0 Å². The summed E-state index contributed by atoms with van der Waals surface area (Å²) in [5.74, 6) is -1.95. The largest absolute Gasteiger partial charge is 0.491 e. The number of hydrogen-bond donors (Lipinski definition) is 1. The van der Waals surface area contributed by atoms with E-state index in [1.165, 1.54) is 6.07 Å². The molecule has 2 aromatic rings. The third kappa shape index (κ3) is 6.82. The van der Waals surface area contributed by atoms with Gasteiger partial charge in [-0.1, -0.05) is 17.7 Å². The molecule has 2 amide bonds. The van der Waals surface area contributed by atoms with Gasteiger partial charge in [-0.25, -0.2) is 8.78 Å². The van der Waals surface area contributed by atoms with Crippen molar-refractivity contribution in [3.63, 3.8) is 0 Å². The maximum Gasteiger partial charge on any atom is 0.242 e. The lowest BCUT2D eigenvalue weighted by Gasteiger charge is -2.36. The Kier molecular flexibility index (Phi) is 8.06. The second kappa shape index (κ2) is 10.9. The molecule has 1 aliphatic heterocycles. The number of carbonyl (C=O) groups excluding carboxylic acids is 2. The van der Waals surface area contributed by atoms with Crippen LogP contribution in [0.4, 0.5) is 14.5 Å². The molecule has 1 heterocycles. The van der Waals surface area contributed by atoms with Gasteiger partial charge in [-0.15, -0.1) is 0 Å². The van der Waals surface area contributed by atoms with E-state index in [0.29, 0.717) is 37.6 Å². The Morgan fingerprint density at radius 1 is 1.06 bits per heavy atom. The summed E-state index contributed by atoms with van der Waals surface area (Å²) in [4.78, 5) is 28.2. The zero-order valence-corrected chi connectivity index (χ0v) is 17.7. The molecule has 0 spiro atoms. The average Bonchev–Trinajstić information content (AvgIpc) is 2.76. The van der Waals surface area contributed by atoms with Crippen LogP contribution in [0.2, 0.25) is 5.02 Å². The van der Waals surface area contributed by atoms with Gasteiger partial charge in [-0.05, 0) is 36.8 Å². The predicted octanol–water partition coefficient (Wildman–Crippen LogP) is 3.24. The molecule has 3 rings (SSSR count). The average molecular weight is 452 g/mol. The van der Waals surface area contributed by atoms with E-state index in [1.807, 2.05) is 24.3 Å². The number of benzene rings is 2. The third-order valence-electron chi connectivity index (χ3n) is 4.94. The molecule has 0 atom stereocenters. The van der Waals surface area contributed by atoms with Crippen molar-refractivity contribution in [3.8, 4) is 5.75 Å². The van der Waals surface area contributed by atoms with Gasteiger partial charge in [0.25, 0.3) is 0 Å². The molecule has 0 saturated carbocycles. The van der Waals surface area contributed by atoms with Gasteiger partial charge in [-0.3, -0.25) is 9.59 Å². The highest BCUT2D eigenvalue weighted by atomic mass is 35.5. The molecule has 2 aromatic carbocycles. The van der Waals surface area contributed by atoms with Crippen molar-refractivity contribution in [1.29, 1.82) is 0 Å². The van der Waals surface area contributed by atoms with Crippen LogP contribution < -0.4 is 15.0 Å². The summed E-state index contributed by atoms with van der Waals surface area (Å²) < 4.78 is 31.5. The molecule has 1 fully saturated rings. The van der Waals surface area contributed by atoms with Crippen LogP contribution in [0.5, 0.6) is 5.75 Å². The second-order valence-electron chi connectivity index (χ2n) is 7.15. The minimum atomic E-state index is -0.787. The first kappa shape index (κ1) is 22.8. The van der Waals surface area contributed by atoms with E-state index in [4.69, 9.17) is 16.3 Å². The van der Waals surface area contributed by atoms with Crippen LogP contribution in [0.15, 0.2) is 42.5 Å². The highest BCUT2D eigenvalue weighted by Gasteiger charge is 2.21. The van der Waals surface area contributed by atoms with Crippen LogP contribution in [0, 0.1) is 11.6 Å². The highest BCUT2D eigenvalue weighted by molar-refractivity contribution is 6.30. The number of hydrogen-bond acceptors (Lipinski definition) is 4. The number of halogens is 3. The van der Waals surface area contributed by atoms with Crippen molar-refractivity contribution in [1.82, 2.24) is 10.2 Å². The Morgan fingerprint density at radius 3 is 2.55 bits per heavy atom. The minimum Gasteiger partial charge on any atom is -0.491 e. The highest BCUT2D eigenvalue weighted by Crippen LogP contribution is 2.21. The molecule has 1 aliphatic rings. The normalized spacial score (nSPS) is 13.8. The van der Waals surface area contributed by atoms with Crippen LogP contribution in [0.3, 0.4) is 0 Å². The summed E-state index contributed by atoms with van der Waals surface area (Å²) in [5.41, 5.74) is 1.02. The van der Waals surface area contributed by atoms with Gasteiger partial charge in [0, 0.05) is 49.4 Å². The van der Waals surface area contributed by atoms with Gasteiger partial charge in [0.2, 0.25) is 11.8 Å². The Bertz CT molecular complexity index is 921. The number of carbonyl (C=O) groups is 2. The van der Waals surface area contributed by atoms with Crippen molar-refractivity contribution < 1.29 is 23.1 Å². The summed E-state index contributed by atoms with van der Waals surface area (Å²) in [6.07, 6.45) is 0.480. The smallest absolute Gasteiger partial charge is 0.242 e. The van der Waals surface area contributed by atoms with Crippen molar-refractivity contribution in [2.75, 3.05) is 44.2 Å². The van der Waals surface area contributed by atoms with E-state index in [1.54, 1.807) is 4.90 Å². The fraction of sp³-hybridized carbons (Fsp3) is 0.364. The monoisotopic (exact) mass is 451 g/mol. The molecule has 31 heavy (non-hydrogen) atoms. The lowest BCUT2D eigenvalue weighted by atomic mass is 10.2. The quantitative estimate of drug-likeness (QED) is 0.626. The van der Waals surface area contributed by atoms with E-state index in [-0.39, 0.29) is 37.1 Å². The van der Waals surface area contributed by atoms with Crippen LogP contribution >= 0.6 is 11.6 Å². The van der Waals surface area contributed by atoms with Gasteiger partial charge >= 0.3 is 0 Å². The minimum absolute atomic E-state index is 0.0612. The zero-order valence-electron chi connectivity index (χ0n) is 17.0. The van der Waals surface area contributed by atoms with Crippen LogP contribution in [-0.4, -0.2) is 56.0 Å². The number of ether oxygens (including phenoxy) is 1. The molecule has 1 N–H and O–H groups in total. The van der Waals surface area contributed by atoms with E-state index in [2.05, 4.69) is 10.2 Å². The summed E-state index contributed by atoms with van der Waals surface area (Å²) >= 11 is 6.03. The fourth-order valence-electron chi connectivity index (χ4n) is 3.27. The first-order chi connectivity index (χ1) is 14.9. The fourth-order valence-corrected chi connectivity index (χ4v) is 3.45. The second-order valence-corrected chi connectivity index (χ2v) is 7.59. The summed E-state index contributed by atoms with van der Waals surface area (Å²) in [6.45, 7) is 2.56. The number of anilines is 1. The molecule has 0 radical (unpaired) electrons. The van der Waals surface area contributed by atoms with Gasteiger partial charge in [0.05, 0.1) is 13.2 Å². The number of rotatable bonds is 8. The first-order valence-corrected chi connectivity index (χ1v) is 10.4. The number of amides is 2. The van der Waals surface area contributed by atoms with Gasteiger partial charge < -0.3 is 19.9 Å². The Hall–Kier alpha value is -2.87. The number of piperazine rings is 1. The van der Waals surface area contributed by atoms with E-state index >= 15 is 0 Å². The van der Waals surface area contributed by atoms with Crippen molar-refractivity contribution in [3.05, 3.63) is 59.1 Å². The molecule has 1 saturated heterocycles. The van der Waals surface area contributed by atoms with Crippen molar-refractivity contribution in [2.45, 2.75) is 12.8 Å². The van der Waals surface area contributed by atoms with Crippen molar-refractivity contribution in [2.24, 2.45) is 0 Å².